The van der Waals surface area contributed by atoms with Gasteiger partial charge in [0.05, 0.1) is 16.8 Å². The van der Waals surface area contributed by atoms with Gasteiger partial charge in [0.15, 0.2) is 10.8 Å². The summed E-state index contributed by atoms with van der Waals surface area (Å²) < 4.78 is 46.5. The molecule has 0 radical (unpaired) electrons. The summed E-state index contributed by atoms with van der Waals surface area (Å²) in [7, 11) is 0. The number of ether oxygens (including phenoxy) is 1. The van der Waals surface area contributed by atoms with E-state index in [1.54, 1.807) is 6.07 Å². The fourth-order valence-corrected chi connectivity index (χ4v) is 4.81. The van der Waals surface area contributed by atoms with Crippen molar-refractivity contribution in [3.63, 3.8) is 0 Å². The molecule has 1 aromatic carbocycles. The van der Waals surface area contributed by atoms with Crippen LogP contribution in [0.4, 0.5) is 24.1 Å². The Hall–Kier alpha value is -3.48. The van der Waals surface area contributed by atoms with E-state index < -0.39 is 12.0 Å². The predicted octanol–water partition coefficient (Wildman–Crippen LogP) is 4.01. The summed E-state index contributed by atoms with van der Waals surface area (Å²) in [6.45, 7) is 3.45. The lowest BCUT2D eigenvalue weighted by Gasteiger charge is -2.31. The van der Waals surface area contributed by atoms with Crippen LogP contribution < -0.4 is 15.0 Å². The number of amides is 1. The highest BCUT2D eigenvalue weighted by Crippen LogP contribution is 2.31. The smallest absolute Gasteiger partial charge is 0.453 e. The minimum Gasteiger partial charge on any atom is -0.494 e. The number of aromatic nitrogens is 5. The van der Waals surface area contributed by atoms with Crippen molar-refractivity contribution in [2.24, 2.45) is 5.92 Å². The Morgan fingerprint density at radius 2 is 2.00 bits per heavy atom. The number of piperidine rings is 1. The second-order valence-corrected chi connectivity index (χ2v) is 8.85. The zero-order chi connectivity index (χ0) is 23.9. The van der Waals surface area contributed by atoms with Crippen LogP contribution in [0, 0.1) is 5.92 Å². The molecule has 0 aliphatic carbocycles. The van der Waals surface area contributed by atoms with Crippen LogP contribution in [0.5, 0.6) is 5.75 Å². The average Bonchev–Trinajstić information content (AvgIpc) is 3.42. The molecule has 1 fully saturated rings. The molecule has 34 heavy (non-hydrogen) atoms. The van der Waals surface area contributed by atoms with Gasteiger partial charge in [-0.3, -0.25) is 4.79 Å². The lowest BCUT2D eigenvalue weighted by atomic mass is 9.96. The highest BCUT2D eigenvalue weighted by molar-refractivity contribution is 7.22. The second-order valence-electron chi connectivity index (χ2n) is 7.82. The molecule has 1 aliphatic rings. The van der Waals surface area contributed by atoms with Crippen molar-refractivity contribution in [3.05, 3.63) is 36.2 Å². The van der Waals surface area contributed by atoms with Gasteiger partial charge in [0.2, 0.25) is 5.91 Å². The third-order valence-electron chi connectivity index (χ3n) is 5.59. The molecular formula is C21H20F3N7O2S. The molecule has 4 aromatic rings. The third-order valence-corrected chi connectivity index (χ3v) is 6.53. The molecule has 5 rings (SSSR count). The summed E-state index contributed by atoms with van der Waals surface area (Å²) in [4.78, 5) is 19.1. The van der Waals surface area contributed by atoms with Crippen LogP contribution in [0.2, 0.25) is 0 Å². The van der Waals surface area contributed by atoms with Gasteiger partial charge in [0, 0.05) is 19.0 Å². The first kappa shape index (κ1) is 22.3. The van der Waals surface area contributed by atoms with E-state index in [0.717, 1.165) is 16.0 Å². The van der Waals surface area contributed by atoms with Gasteiger partial charge in [0.25, 0.3) is 5.82 Å². The van der Waals surface area contributed by atoms with Crippen molar-refractivity contribution in [2.75, 3.05) is 29.9 Å². The van der Waals surface area contributed by atoms with Gasteiger partial charge >= 0.3 is 6.18 Å². The average molecular weight is 491 g/mol. The van der Waals surface area contributed by atoms with Gasteiger partial charge < -0.3 is 15.0 Å². The molecule has 1 amide bonds. The number of alkyl halides is 3. The van der Waals surface area contributed by atoms with Crippen LogP contribution >= 0.6 is 11.3 Å². The number of nitrogens with zero attached hydrogens (tertiary/aromatic N) is 6. The molecule has 0 spiro atoms. The van der Waals surface area contributed by atoms with Crippen LogP contribution in [0.1, 0.15) is 25.6 Å². The van der Waals surface area contributed by atoms with Crippen LogP contribution in [0.25, 0.3) is 15.9 Å². The minimum absolute atomic E-state index is 0.0227. The molecule has 13 heteroatoms. The second kappa shape index (κ2) is 8.70. The quantitative estimate of drug-likeness (QED) is 0.451. The maximum absolute atomic E-state index is 13.1. The van der Waals surface area contributed by atoms with Crippen LogP contribution in [-0.2, 0) is 11.0 Å². The molecule has 0 atom stereocenters. The number of carbonyl (C=O) groups excluding carboxylic acids is 1. The lowest BCUT2D eigenvalue weighted by molar-refractivity contribution is -0.146. The number of fused-ring (bicyclic) bond motifs is 2. The van der Waals surface area contributed by atoms with Gasteiger partial charge in [-0.25, -0.2) is 4.98 Å². The van der Waals surface area contributed by atoms with Gasteiger partial charge in [-0.2, -0.15) is 17.7 Å². The van der Waals surface area contributed by atoms with Crippen molar-refractivity contribution in [3.8, 4) is 5.75 Å². The molecule has 0 saturated carbocycles. The van der Waals surface area contributed by atoms with Crippen LogP contribution in [0.15, 0.2) is 30.3 Å². The van der Waals surface area contributed by atoms with E-state index >= 15 is 0 Å². The fraction of sp³-hybridized carbons (Fsp3) is 0.381. The standard InChI is InChI=1S/C21H20F3N7O2S/c1-2-33-13-3-4-14-15(11-13)34-20(25-14)26-18(32)12-7-9-30(10-8-12)17-6-5-16-27-28-19(21(22,23)24)31(16)29-17/h3-6,11-12H,2,7-10H2,1H3,(H,25,26,32). The Morgan fingerprint density at radius 3 is 2.74 bits per heavy atom. The predicted molar refractivity (Wildman–Crippen MR) is 120 cm³/mol. The number of nitrogens with one attached hydrogen (secondary N) is 1. The molecule has 0 bridgehead atoms. The number of hydrogen-bond acceptors (Lipinski definition) is 8. The Morgan fingerprint density at radius 1 is 1.21 bits per heavy atom. The van der Waals surface area contributed by atoms with E-state index in [2.05, 4.69) is 25.6 Å². The highest BCUT2D eigenvalue weighted by Gasteiger charge is 2.38. The Balaban J connectivity index is 1.23. The first-order valence-corrected chi connectivity index (χ1v) is 11.5. The summed E-state index contributed by atoms with van der Waals surface area (Å²) in [5.74, 6) is -0.378. The Bertz CT molecular complexity index is 1350. The zero-order valence-electron chi connectivity index (χ0n) is 18.0. The number of anilines is 2. The van der Waals surface area contributed by atoms with E-state index in [1.807, 2.05) is 30.0 Å². The van der Waals surface area contributed by atoms with Crippen molar-refractivity contribution < 1.29 is 22.7 Å². The summed E-state index contributed by atoms with van der Waals surface area (Å²) in [5, 5.41) is 14.2. The van der Waals surface area contributed by atoms with E-state index in [9.17, 15) is 18.0 Å². The number of halogens is 3. The van der Waals surface area contributed by atoms with Crippen molar-refractivity contribution in [1.29, 1.82) is 0 Å². The van der Waals surface area contributed by atoms with Crippen molar-refractivity contribution in [2.45, 2.75) is 25.9 Å². The minimum atomic E-state index is -4.65. The third kappa shape index (κ3) is 4.34. The lowest BCUT2D eigenvalue weighted by Crippen LogP contribution is -2.38. The van der Waals surface area contributed by atoms with Gasteiger partial charge in [-0.05, 0) is 50.1 Å². The number of thiazole rings is 1. The number of rotatable bonds is 5. The molecule has 9 nitrogen and oxygen atoms in total. The van der Waals surface area contributed by atoms with E-state index in [4.69, 9.17) is 4.74 Å². The Labute approximate surface area is 195 Å². The molecule has 1 aliphatic heterocycles. The fourth-order valence-electron chi connectivity index (χ4n) is 3.92. The van der Waals surface area contributed by atoms with E-state index in [-0.39, 0.29) is 17.5 Å². The van der Waals surface area contributed by atoms with Gasteiger partial charge in [0.1, 0.15) is 11.6 Å². The first-order valence-electron chi connectivity index (χ1n) is 10.7. The van der Waals surface area contributed by atoms with Crippen LogP contribution in [-0.4, -0.2) is 50.4 Å². The summed E-state index contributed by atoms with van der Waals surface area (Å²) in [5.41, 5.74) is 0.807. The summed E-state index contributed by atoms with van der Waals surface area (Å²) in [6, 6.07) is 8.66. The largest absolute Gasteiger partial charge is 0.494 e. The Kier molecular flexibility index (Phi) is 5.71. The SMILES string of the molecule is CCOc1ccc2nc(NC(=O)C3CCN(c4ccc5nnc(C(F)(F)F)n5n4)CC3)sc2c1. The topological polar surface area (TPSA) is 97.5 Å². The van der Waals surface area contributed by atoms with E-state index in [1.165, 1.54) is 17.4 Å². The molecular weight excluding hydrogens is 471 g/mol. The summed E-state index contributed by atoms with van der Waals surface area (Å²) >= 11 is 1.38. The number of carbonyl (C=O) groups is 1. The monoisotopic (exact) mass is 491 g/mol. The molecule has 3 aromatic heterocycles. The zero-order valence-corrected chi connectivity index (χ0v) is 18.9. The number of benzene rings is 1. The summed E-state index contributed by atoms with van der Waals surface area (Å²) in [6.07, 6.45) is -3.57. The molecule has 178 valence electrons. The number of hydrogen-bond donors (Lipinski definition) is 1. The maximum atomic E-state index is 13.1. The molecule has 1 saturated heterocycles. The maximum Gasteiger partial charge on any atom is 0.453 e. The van der Waals surface area contributed by atoms with Crippen LogP contribution in [0.3, 0.4) is 0 Å². The van der Waals surface area contributed by atoms with E-state index in [0.29, 0.717) is 48.0 Å². The first-order chi connectivity index (χ1) is 16.3. The van der Waals surface area contributed by atoms with Crippen molar-refractivity contribution >= 4 is 44.1 Å². The van der Waals surface area contributed by atoms with Crippen molar-refractivity contribution in [1.82, 2.24) is 24.8 Å². The highest BCUT2D eigenvalue weighted by atomic mass is 32.1. The normalized spacial score (nSPS) is 15.2. The molecule has 1 N–H and O–H groups in total. The van der Waals surface area contributed by atoms with Gasteiger partial charge in [-0.15, -0.1) is 15.3 Å². The molecule has 0 unspecified atom stereocenters. The van der Waals surface area contributed by atoms with Gasteiger partial charge in [-0.1, -0.05) is 11.3 Å². The molecule has 4 heterocycles.